The van der Waals surface area contributed by atoms with Crippen LogP contribution in [0.2, 0.25) is 0 Å². The van der Waals surface area contributed by atoms with Crippen molar-refractivity contribution >= 4 is 34.5 Å². The van der Waals surface area contributed by atoms with Crippen LogP contribution in [0.4, 0.5) is 0 Å². The molecule has 0 atom stereocenters. The van der Waals surface area contributed by atoms with E-state index in [0.29, 0.717) is 35.3 Å². The Hall–Kier alpha value is -3.08. The molecule has 0 radical (unpaired) electrons. The first-order valence-corrected chi connectivity index (χ1v) is 11.9. The Kier molecular flexibility index (Phi) is 4.88. The lowest BCUT2D eigenvalue weighted by Gasteiger charge is -2.35. The zero-order valence-electron chi connectivity index (χ0n) is 18.4. The van der Waals surface area contributed by atoms with E-state index in [4.69, 9.17) is 0 Å². The number of piperazine rings is 1. The van der Waals surface area contributed by atoms with Gasteiger partial charge < -0.3 is 9.88 Å². The minimum Gasteiger partial charge on any atom is -0.357 e. The summed E-state index contributed by atoms with van der Waals surface area (Å²) in [5, 5.41) is 10.1. The number of amides is 1. The van der Waals surface area contributed by atoms with Crippen LogP contribution < -0.4 is 0 Å². The van der Waals surface area contributed by atoms with E-state index in [1.54, 1.807) is 36.2 Å². The standard InChI is InChI=1S/C25H24N4O2S/c1-25(2)19-13-16(24(31)28-8-10-29(32-3)11-9-28)5-7-17(19)22(30)21-18-6-4-15(14-26)12-20(18)27-23(21)25/h4-7,12-13,27H,8-11H2,1-3H3. The fourth-order valence-corrected chi connectivity index (χ4v) is 5.42. The maximum absolute atomic E-state index is 13.5. The third-order valence-corrected chi connectivity index (χ3v) is 7.63. The van der Waals surface area contributed by atoms with Crippen molar-refractivity contribution in [1.82, 2.24) is 14.2 Å². The van der Waals surface area contributed by atoms with Crippen LogP contribution in [0.25, 0.3) is 10.9 Å². The average molecular weight is 445 g/mol. The van der Waals surface area contributed by atoms with Gasteiger partial charge in [-0.25, -0.2) is 4.31 Å². The van der Waals surface area contributed by atoms with Gasteiger partial charge in [0.15, 0.2) is 5.78 Å². The van der Waals surface area contributed by atoms with E-state index < -0.39 is 5.41 Å². The number of hydrogen-bond donors (Lipinski definition) is 1. The number of hydrogen-bond acceptors (Lipinski definition) is 5. The Bertz CT molecular complexity index is 1310. The quantitative estimate of drug-likeness (QED) is 0.606. The number of rotatable bonds is 2. The van der Waals surface area contributed by atoms with Crippen molar-refractivity contribution in [3.63, 3.8) is 0 Å². The molecule has 5 rings (SSSR count). The largest absolute Gasteiger partial charge is 0.357 e. The third kappa shape index (κ3) is 3.06. The van der Waals surface area contributed by atoms with Gasteiger partial charge in [-0.2, -0.15) is 5.26 Å². The molecule has 0 spiro atoms. The monoisotopic (exact) mass is 444 g/mol. The van der Waals surface area contributed by atoms with Crippen molar-refractivity contribution in [3.05, 3.63) is 69.9 Å². The summed E-state index contributed by atoms with van der Waals surface area (Å²) in [6, 6.07) is 13.0. The highest BCUT2D eigenvalue weighted by molar-refractivity contribution is 7.96. The smallest absolute Gasteiger partial charge is 0.253 e. The van der Waals surface area contributed by atoms with Crippen LogP contribution in [-0.2, 0) is 5.41 Å². The Morgan fingerprint density at radius 1 is 1.12 bits per heavy atom. The van der Waals surface area contributed by atoms with Gasteiger partial charge in [0.25, 0.3) is 5.91 Å². The lowest BCUT2D eigenvalue weighted by atomic mass is 9.71. The lowest BCUT2D eigenvalue weighted by molar-refractivity contribution is 0.0703. The molecule has 162 valence electrons. The summed E-state index contributed by atoms with van der Waals surface area (Å²) in [5.74, 6) is -0.0317. The van der Waals surface area contributed by atoms with Gasteiger partial charge in [-0.3, -0.25) is 9.59 Å². The maximum atomic E-state index is 13.5. The van der Waals surface area contributed by atoms with Crippen molar-refractivity contribution in [2.45, 2.75) is 19.3 Å². The molecule has 3 aromatic rings. The van der Waals surface area contributed by atoms with Crippen LogP contribution in [0.5, 0.6) is 0 Å². The molecule has 7 heteroatoms. The minimum absolute atomic E-state index is 0.0120. The van der Waals surface area contributed by atoms with Gasteiger partial charge in [0.05, 0.1) is 17.2 Å². The molecular weight excluding hydrogens is 420 g/mol. The van der Waals surface area contributed by atoms with Gasteiger partial charge in [0.1, 0.15) is 0 Å². The summed E-state index contributed by atoms with van der Waals surface area (Å²) < 4.78 is 2.26. The highest BCUT2D eigenvalue weighted by Gasteiger charge is 2.40. The molecule has 0 bridgehead atoms. The second kappa shape index (κ2) is 7.51. The SMILES string of the molecule is CSN1CCN(C(=O)c2ccc3c(c2)C(C)(C)c2[nH]c4cc(C#N)ccc4c2C3=O)CC1. The number of carbonyl (C=O) groups excluding carboxylic acids is 2. The zero-order valence-corrected chi connectivity index (χ0v) is 19.2. The van der Waals surface area contributed by atoms with E-state index in [1.807, 2.05) is 17.0 Å². The second-order valence-electron chi connectivity index (χ2n) is 8.87. The molecule has 0 unspecified atom stereocenters. The minimum atomic E-state index is -0.488. The van der Waals surface area contributed by atoms with Crippen molar-refractivity contribution in [3.8, 4) is 6.07 Å². The van der Waals surface area contributed by atoms with Crippen molar-refractivity contribution in [2.75, 3.05) is 32.4 Å². The Morgan fingerprint density at radius 2 is 1.88 bits per heavy atom. The number of nitrogens with one attached hydrogen (secondary N) is 1. The average Bonchev–Trinajstić information content (AvgIpc) is 3.22. The Balaban J connectivity index is 1.56. The predicted molar refractivity (Wildman–Crippen MR) is 126 cm³/mol. The zero-order chi connectivity index (χ0) is 22.6. The summed E-state index contributed by atoms with van der Waals surface area (Å²) in [6.45, 7) is 7.25. The molecule has 1 saturated heterocycles. The topological polar surface area (TPSA) is 80.2 Å². The molecule has 6 nitrogen and oxygen atoms in total. The number of ketones is 1. The van der Waals surface area contributed by atoms with E-state index in [1.165, 1.54) is 0 Å². The maximum Gasteiger partial charge on any atom is 0.253 e. The summed E-state index contributed by atoms with van der Waals surface area (Å²) in [4.78, 5) is 32.0. The van der Waals surface area contributed by atoms with Gasteiger partial charge in [-0.15, -0.1) is 0 Å². The van der Waals surface area contributed by atoms with Crippen LogP contribution in [0.1, 0.15) is 56.9 Å². The highest BCUT2D eigenvalue weighted by atomic mass is 32.2. The molecule has 1 amide bonds. The van der Waals surface area contributed by atoms with E-state index in [-0.39, 0.29) is 11.7 Å². The van der Waals surface area contributed by atoms with Gasteiger partial charge in [0, 0.05) is 59.3 Å². The molecule has 0 saturated carbocycles. The number of aromatic amines is 1. The first-order chi connectivity index (χ1) is 15.3. The third-order valence-electron chi connectivity index (χ3n) is 6.75. The van der Waals surface area contributed by atoms with E-state index in [9.17, 15) is 14.9 Å². The molecule has 1 aromatic heterocycles. The molecule has 32 heavy (non-hydrogen) atoms. The number of aromatic nitrogens is 1. The fraction of sp³-hybridized carbons (Fsp3) is 0.320. The van der Waals surface area contributed by atoms with Gasteiger partial charge in [-0.1, -0.05) is 31.9 Å². The number of fused-ring (bicyclic) bond motifs is 4. The lowest BCUT2D eigenvalue weighted by Crippen LogP contribution is -2.46. The fourth-order valence-electron chi connectivity index (χ4n) is 4.89. The van der Waals surface area contributed by atoms with Gasteiger partial charge in [-0.05, 0) is 42.2 Å². The normalized spacial score (nSPS) is 17.7. The summed E-state index contributed by atoms with van der Waals surface area (Å²) >= 11 is 1.71. The molecule has 1 N–H and O–H groups in total. The highest BCUT2D eigenvalue weighted by Crippen LogP contribution is 2.44. The first-order valence-electron chi connectivity index (χ1n) is 10.7. The molecule has 1 fully saturated rings. The number of nitrogens with zero attached hydrogens (tertiary/aromatic N) is 3. The Morgan fingerprint density at radius 3 is 2.56 bits per heavy atom. The van der Waals surface area contributed by atoms with Crippen LogP contribution >= 0.6 is 11.9 Å². The molecule has 1 aliphatic carbocycles. The van der Waals surface area contributed by atoms with E-state index >= 15 is 0 Å². The number of benzene rings is 2. The van der Waals surface area contributed by atoms with Gasteiger partial charge in [0.2, 0.25) is 0 Å². The van der Waals surface area contributed by atoms with Crippen molar-refractivity contribution in [1.29, 1.82) is 5.26 Å². The summed E-state index contributed by atoms with van der Waals surface area (Å²) in [7, 11) is 0. The van der Waals surface area contributed by atoms with Gasteiger partial charge >= 0.3 is 0 Å². The van der Waals surface area contributed by atoms with Crippen LogP contribution in [0, 0.1) is 11.3 Å². The molecule has 2 aromatic carbocycles. The van der Waals surface area contributed by atoms with Crippen molar-refractivity contribution < 1.29 is 9.59 Å². The second-order valence-corrected chi connectivity index (χ2v) is 9.75. The van der Waals surface area contributed by atoms with Crippen LogP contribution in [0.15, 0.2) is 36.4 Å². The summed E-state index contributed by atoms with van der Waals surface area (Å²) in [5.41, 5.74) is 4.45. The Labute approximate surface area is 191 Å². The molecule has 2 heterocycles. The molecular formula is C25H24N4O2S. The molecule has 1 aliphatic heterocycles. The summed E-state index contributed by atoms with van der Waals surface area (Å²) in [6.07, 6.45) is 2.06. The molecule has 2 aliphatic rings. The van der Waals surface area contributed by atoms with E-state index in [0.717, 1.165) is 35.2 Å². The van der Waals surface area contributed by atoms with E-state index in [2.05, 4.69) is 35.5 Å². The number of carbonyl (C=O) groups is 2. The first kappa shape index (κ1) is 20.8. The number of H-pyrrole nitrogens is 1. The predicted octanol–water partition coefficient (Wildman–Crippen LogP) is 3.95. The van der Waals surface area contributed by atoms with Crippen LogP contribution in [-0.4, -0.2) is 58.3 Å². The number of nitriles is 1. The van der Waals surface area contributed by atoms with Crippen molar-refractivity contribution in [2.24, 2.45) is 0 Å². The van der Waals surface area contributed by atoms with Crippen LogP contribution in [0.3, 0.4) is 0 Å².